The maximum atomic E-state index is 9.12. The van der Waals surface area contributed by atoms with E-state index in [2.05, 4.69) is 97.1 Å². The van der Waals surface area contributed by atoms with Gasteiger partial charge in [-0.15, -0.1) is 11.3 Å². The molecule has 0 bridgehead atoms. The fourth-order valence-electron chi connectivity index (χ4n) is 5.45. The minimum Gasteiger partial charge on any atom is -0.192 e. The summed E-state index contributed by atoms with van der Waals surface area (Å²) in [6.45, 7) is 0. The van der Waals surface area contributed by atoms with Gasteiger partial charge in [-0.3, -0.25) is 0 Å². The van der Waals surface area contributed by atoms with Gasteiger partial charge in [-0.25, -0.2) is 0 Å². The lowest BCUT2D eigenvalue weighted by Gasteiger charge is -2.11. The Morgan fingerprint density at radius 1 is 0.415 bits per heavy atom. The SMILES string of the molecule is N#Cc1ccc(-c2ccc(-c3ccc(-c4ccc(-c5ccc(C#N)cc5)cc4)c4c3sc3ccccc34)cc2)cc1. The van der Waals surface area contributed by atoms with Crippen molar-refractivity contribution >= 4 is 31.5 Å². The average molecular weight is 539 g/mol. The van der Waals surface area contributed by atoms with Crippen molar-refractivity contribution in [1.82, 2.24) is 0 Å². The molecule has 0 aliphatic rings. The first-order chi connectivity index (χ1) is 20.2. The van der Waals surface area contributed by atoms with E-state index in [1.165, 1.54) is 42.4 Å². The summed E-state index contributed by atoms with van der Waals surface area (Å²) in [5.74, 6) is 0. The fraction of sp³-hybridized carbons (Fsp3) is 0. The third-order valence-corrected chi connectivity index (χ3v) is 8.82. The van der Waals surface area contributed by atoms with Crippen LogP contribution >= 0.6 is 11.3 Å². The summed E-state index contributed by atoms with van der Waals surface area (Å²) in [7, 11) is 0. The first-order valence-electron chi connectivity index (χ1n) is 13.4. The molecule has 0 N–H and O–H groups in total. The average Bonchev–Trinajstić information content (AvgIpc) is 3.44. The Hall–Kier alpha value is -5.48. The fourth-order valence-corrected chi connectivity index (χ4v) is 6.72. The highest BCUT2D eigenvalue weighted by atomic mass is 32.1. The van der Waals surface area contributed by atoms with Gasteiger partial charge in [0.2, 0.25) is 0 Å². The van der Waals surface area contributed by atoms with Crippen LogP contribution in [0.15, 0.2) is 133 Å². The first kappa shape index (κ1) is 24.6. The second-order valence-corrected chi connectivity index (χ2v) is 11.0. The van der Waals surface area contributed by atoms with Gasteiger partial charge in [0.05, 0.1) is 23.3 Å². The molecular weight excluding hydrogens is 516 g/mol. The van der Waals surface area contributed by atoms with E-state index in [9.17, 15) is 0 Å². The number of nitriles is 2. The molecule has 0 atom stereocenters. The Labute approximate surface area is 242 Å². The van der Waals surface area contributed by atoms with Crippen LogP contribution in [0.1, 0.15) is 11.1 Å². The number of rotatable bonds is 4. The molecule has 1 aromatic heterocycles. The maximum absolute atomic E-state index is 9.12. The second kappa shape index (κ2) is 10.2. The summed E-state index contributed by atoms with van der Waals surface area (Å²) >= 11 is 1.84. The largest absolute Gasteiger partial charge is 0.192 e. The molecule has 3 heteroatoms. The van der Waals surface area contributed by atoms with Gasteiger partial charge in [0.1, 0.15) is 0 Å². The zero-order chi connectivity index (χ0) is 27.8. The highest BCUT2D eigenvalue weighted by Crippen LogP contribution is 2.45. The van der Waals surface area contributed by atoms with Crippen molar-refractivity contribution in [3.63, 3.8) is 0 Å². The van der Waals surface area contributed by atoms with Gasteiger partial charge >= 0.3 is 0 Å². The van der Waals surface area contributed by atoms with E-state index < -0.39 is 0 Å². The smallest absolute Gasteiger partial charge is 0.0991 e. The zero-order valence-electron chi connectivity index (χ0n) is 22.0. The summed E-state index contributed by atoms with van der Waals surface area (Å²) in [6.07, 6.45) is 0. The van der Waals surface area contributed by atoms with Crippen LogP contribution in [-0.4, -0.2) is 0 Å². The number of benzene rings is 6. The number of hydrogen-bond donors (Lipinski definition) is 0. The first-order valence-corrected chi connectivity index (χ1v) is 14.2. The molecule has 0 saturated heterocycles. The molecule has 6 aromatic carbocycles. The minimum atomic E-state index is 0.668. The van der Waals surface area contributed by atoms with Crippen LogP contribution in [0.3, 0.4) is 0 Å². The molecule has 0 fully saturated rings. The Morgan fingerprint density at radius 3 is 1.34 bits per heavy atom. The Kier molecular flexibility index (Phi) is 6.14. The van der Waals surface area contributed by atoms with Crippen LogP contribution < -0.4 is 0 Å². The predicted molar refractivity (Wildman–Crippen MR) is 171 cm³/mol. The lowest BCUT2D eigenvalue weighted by Crippen LogP contribution is -1.85. The number of fused-ring (bicyclic) bond motifs is 3. The molecule has 2 nitrogen and oxygen atoms in total. The lowest BCUT2D eigenvalue weighted by atomic mass is 9.93. The van der Waals surface area contributed by atoms with Crippen LogP contribution in [0, 0.1) is 22.7 Å². The van der Waals surface area contributed by atoms with Gasteiger partial charge < -0.3 is 0 Å². The molecule has 0 amide bonds. The van der Waals surface area contributed by atoms with Crippen molar-refractivity contribution in [2.24, 2.45) is 0 Å². The summed E-state index contributed by atoms with van der Waals surface area (Å²) in [5.41, 5.74) is 10.6. The van der Waals surface area contributed by atoms with E-state index in [0.29, 0.717) is 11.1 Å². The molecular formula is C38H22N2S. The van der Waals surface area contributed by atoms with Gasteiger partial charge in [-0.1, -0.05) is 103 Å². The van der Waals surface area contributed by atoms with Gasteiger partial charge in [0.25, 0.3) is 0 Å². The molecule has 7 rings (SSSR count). The van der Waals surface area contributed by atoms with Gasteiger partial charge in [-0.05, 0) is 74.8 Å². The third-order valence-electron chi connectivity index (χ3n) is 7.61. The van der Waals surface area contributed by atoms with E-state index in [0.717, 1.165) is 22.3 Å². The third kappa shape index (κ3) is 4.46. The van der Waals surface area contributed by atoms with Crippen LogP contribution in [0.2, 0.25) is 0 Å². The van der Waals surface area contributed by atoms with Crippen molar-refractivity contribution in [1.29, 1.82) is 10.5 Å². The Bertz CT molecular complexity index is 2120. The quantitative estimate of drug-likeness (QED) is 0.224. The van der Waals surface area contributed by atoms with Crippen molar-refractivity contribution in [2.45, 2.75) is 0 Å². The summed E-state index contributed by atoms with van der Waals surface area (Å²) in [6, 6.07) is 50.4. The van der Waals surface area contributed by atoms with E-state index in [-0.39, 0.29) is 0 Å². The Morgan fingerprint density at radius 2 is 0.829 bits per heavy atom. The molecule has 0 aliphatic carbocycles. The molecule has 0 unspecified atom stereocenters. The molecule has 0 spiro atoms. The topological polar surface area (TPSA) is 47.6 Å². The van der Waals surface area contributed by atoms with E-state index in [4.69, 9.17) is 10.5 Å². The molecule has 0 saturated carbocycles. The molecule has 0 aliphatic heterocycles. The van der Waals surface area contributed by atoms with Crippen molar-refractivity contribution in [3.05, 3.63) is 145 Å². The van der Waals surface area contributed by atoms with Crippen LogP contribution in [0.5, 0.6) is 0 Å². The lowest BCUT2D eigenvalue weighted by molar-refractivity contribution is 1.48. The standard InChI is InChI=1S/C38H22N2S/c39-23-25-5-9-27(10-6-25)29-13-17-31(18-14-29)33-21-22-34(38-37(33)35-3-1-2-4-36(35)41-38)32-19-15-30(16-20-32)28-11-7-26(24-40)8-12-28/h1-22H. The van der Waals surface area contributed by atoms with Crippen LogP contribution in [0.4, 0.5) is 0 Å². The summed E-state index contributed by atoms with van der Waals surface area (Å²) in [4.78, 5) is 0. The summed E-state index contributed by atoms with van der Waals surface area (Å²) < 4.78 is 2.56. The molecule has 0 radical (unpaired) electrons. The maximum Gasteiger partial charge on any atom is 0.0991 e. The number of hydrogen-bond acceptors (Lipinski definition) is 3. The van der Waals surface area contributed by atoms with E-state index in [1.54, 1.807) is 0 Å². The minimum absolute atomic E-state index is 0.668. The molecule has 41 heavy (non-hydrogen) atoms. The number of nitrogens with zero attached hydrogens (tertiary/aromatic N) is 2. The predicted octanol–water partition coefficient (Wildman–Crippen LogP) is 10.5. The second-order valence-electron chi connectivity index (χ2n) is 10.00. The summed E-state index contributed by atoms with van der Waals surface area (Å²) in [5, 5.41) is 20.8. The van der Waals surface area contributed by atoms with Crippen molar-refractivity contribution < 1.29 is 0 Å². The van der Waals surface area contributed by atoms with E-state index in [1.807, 2.05) is 59.9 Å². The van der Waals surface area contributed by atoms with Crippen LogP contribution in [0.25, 0.3) is 64.7 Å². The highest BCUT2D eigenvalue weighted by molar-refractivity contribution is 7.26. The van der Waals surface area contributed by atoms with Gasteiger partial charge in [0.15, 0.2) is 0 Å². The van der Waals surface area contributed by atoms with E-state index >= 15 is 0 Å². The van der Waals surface area contributed by atoms with Gasteiger partial charge in [0, 0.05) is 20.2 Å². The van der Waals surface area contributed by atoms with Crippen molar-refractivity contribution in [3.8, 4) is 56.6 Å². The molecule has 1 heterocycles. The zero-order valence-corrected chi connectivity index (χ0v) is 22.8. The van der Waals surface area contributed by atoms with Gasteiger partial charge in [-0.2, -0.15) is 10.5 Å². The molecule has 7 aromatic rings. The van der Waals surface area contributed by atoms with Crippen LogP contribution in [-0.2, 0) is 0 Å². The normalized spacial score (nSPS) is 10.9. The monoisotopic (exact) mass is 538 g/mol. The van der Waals surface area contributed by atoms with Crippen molar-refractivity contribution in [2.75, 3.05) is 0 Å². The number of thiophene rings is 1. The molecule has 190 valence electrons. The highest BCUT2D eigenvalue weighted by Gasteiger charge is 2.16. The Balaban J connectivity index is 1.31.